The number of hydrogen-bond donors (Lipinski definition) is 1. The van der Waals surface area contributed by atoms with Crippen LogP contribution in [0.2, 0.25) is 0 Å². The highest BCUT2D eigenvalue weighted by Gasteiger charge is 2.42. The van der Waals surface area contributed by atoms with Crippen LogP contribution in [0.15, 0.2) is 36.5 Å². The van der Waals surface area contributed by atoms with Crippen molar-refractivity contribution < 1.29 is 9.53 Å². The highest BCUT2D eigenvalue weighted by Crippen LogP contribution is 2.36. The first kappa shape index (κ1) is 13.5. The van der Waals surface area contributed by atoms with Gasteiger partial charge in [-0.1, -0.05) is 6.58 Å². The minimum atomic E-state index is -0.576. The van der Waals surface area contributed by atoms with E-state index in [0.29, 0.717) is 0 Å². The Kier molecular flexibility index (Phi) is 3.27. The highest BCUT2D eigenvalue weighted by atomic mass is 16.5. The number of amides is 1. The zero-order valence-electron chi connectivity index (χ0n) is 11.9. The normalized spacial score (nSPS) is 17.8. The van der Waals surface area contributed by atoms with Gasteiger partial charge in [-0.25, -0.2) is 0 Å². The van der Waals surface area contributed by atoms with Crippen LogP contribution in [-0.4, -0.2) is 12.0 Å². The van der Waals surface area contributed by atoms with E-state index >= 15 is 0 Å². The van der Waals surface area contributed by atoms with E-state index in [0.717, 1.165) is 17.1 Å². The maximum atomic E-state index is 11.9. The first-order chi connectivity index (χ1) is 8.82. The van der Waals surface area contributed by atoms with Crippen molar-refractivity contribution in [3.8, 4) is 5.75 Å². The smallest absolute Gasteiger partial charge is 0.250 e. The quantitative estimate of drug-likeness (QED) is 0.908. The molecule has 1 fully saturated rings. The summed E-state index contributed by atoms with van der Waals surface area (Å²) in [4.78, 5) is 11.9. The monoisotopic (exact) mass is 260 g/mol. The zero-order chi connectivity index (χ0) is 14.2. The lowest BCUT2D eigenvalue weighted by Crippen LogP contribution is -2.32. The van der Waals surface area contributed by atoms with Crippen molar-refractivity contribution in [2.45, 2.75) is 33.8 Å². The molecule has 0 saturated carbocycles. The lowest BCUT2D eigenvalue weighted by molar-refractivity contribution is -0.125. The van der Waals surface area contributed by atoms with Crippen LogP contribution < -0.4 is 15.2 Å². The molecule has 102 valence electrons. The van der Waals surface area contributed by atoms with Crippen LogP contribution in [0.5, 0.6) is 5.75 Å². The fourth-order valence-corrected chi connectivity index (χ4v) is 1.89. The van der Waals surface area contributed by atoms with Gasteiger partial charge in [0.25, 0.3) is 0 Å². The molecular weight excluding hydrogens is 240 g/mol. The summed E-state index contributed by atoms with van der Waals surface area (Å²) in [6.07, 6.45) is 0.145. The Morgan fingerprint density at radius 1 is 1.26 bits per heavy atom. The Labute approximate surface area is 114 Å². The first-order valence-electron chi connectivity index (χ1n) is 6.39. The molecule has 1 amide bonds. The summed E-state index contributed by atoms with van der Waals surface area (Å²) in [5, 5.41) is 1.72. The summed E-state index contributed by atoms with van der Waals surface area (Å²) < 4.78 is 5.59. The molecule has 4 heteroatoms. The number of benzene rings is 1. The third kappa shape index (κ3) is 2.43. The van der Waals surface area contributed by atoms with Gasteiger partial charge in [0.1, 0.15) is 5.75 Å². The van der Waals surface area contributed by atoms with Crippen LogP contribution in [0.1, 0.15) is 27.7 Å². The number of ether oxygens (including phenoxy) is 1. The van der Waals surface area contributed by atoms with Gasteiger partial charge < -0.3 is 4.74 Å². The topological polar surface area (TPSA) is 41.6 Å². The predicted octanol–water partition coefficient (Wildman–Crippen LogP) is 2.86. The number of hydrazine groups is 1. The summed E-state index contributed by atoms with van der Waals surface area (Å²) in [6, 6.07) is 7.59. The molecule has 1 aromatic carbocycles. The average molecular weight is 260 g/mol. The van der Waals surface area contributed by atoms with Gasteiger partial charge in [0.15, 0.2) is 0 Å². The molecule has 1 heterocycles. The standard InChI is InChI=1S/C15H20N2O2/c1-10(2)19-13-8-6-12(7-9-13)17-11(3)15(4,5)14(18)16-17/h6-10H,3H2,1-2,4-5H3,(H,16,18). The van der Waals surface area contributed by atoms with Crippen molar-refractivity contribution >= 4 is 11.6 Å². The number of anilines is 1. The molecule has 0 unspecified atom stereocenters. The maximum Gasteiger partial charge on any atom is 0.250 e. The SMILES string of the molecule is C=C1N(c2ccc(OC(C)C)cc2)NC(=O)C1(C)C. The van der Waals surface area contributed by atoms with Crippen molar-refractivity contribution in [3.05, 3.63) is 36.5 Å². The molecule has 0 radical (unpaired) electrons. The number of carbonyl (C=O) groups is 1. The van der Waals surface area contributed by atoms with Gasteiger partial charge in [-0.3, -0.25) is 15.2 Å². The molecule has 1 aliphatic heterocycles. The van der Waals surface area contributed by atoms with Crippen molar-refractivity contribution in [1.29, 1.82) is 0 Å². The second-order valence-electron chi connectivity index (χ2n) is 5.51. The molecule has 1 aliphatic rings. The Morgan fingerprint density at radius 2 is 1.84 bits per heavy atom. The van der Waals surface area contributed by atoms with Gasteiger partial charge >= 0.3 is 0 Å². The van der Waals surface area contributed by atoms with Crippen molar-refractivity contribution in [2.75, 3.05) is 5.01 Å². The van der Waals surface area contributed by atoms with Crippen LogP contribution in [0.3, 0.4) is 0 Å². The molecule has 2 rings (SSSR count). The minimum absolute atomic E-state index is 0.0417. The summed E-state index contributed by atoms with van der Waals surface area (Å²) in [5.74, 6) is 0.772. The summed E-state index contributed by atoms with van der Waals surface area (Å²) in [5.41, 5.74) is 3.87. The molecule has 0 aliphatic carbocycles. The minimum Gasteiger partial charge on any atom is -0.491 e. The Morgan fingerprint density at radius 3 is 2.26 bits per heavy atom. The van der Waals surface area contributed by atoms with E-state index in [1.807, 2.05) is 52.0 Å². The van der Waals surface area contributed by atoms with Gasteiger partial charge in [-0.15, -0.1) is 0 Å². The lowest BCUT2D eigenvalue weighted by Gasteiger charge is -2.22. The Balaban J connectivity index is 2.20. The van der Waals surface area contributed by atoms with Crippen molar-refractivity contribution in [1.82, 2.24) is 5.43 Å². The average Bonchev–Trinajstić information content (AvgIpc) is 2.53. The van der Waals surface area contributed by atoms with Crippen molar-refractivity contribution in [2.24, 2.45) is 5.41 Å². The van der Waals surface area contributed by atoms with E-state index in [1.54, 1.807) is 5.01 Å². The van der Waals surface area contributed by atoms with Crippen LogP contribution >= 0.6 is 0 Å². The largest absolute Gasteiger partial charge is 0.491 e. The van der Waals surface area contributed by atoms with E-state index in [2.05, 4.69) is 12.0 Å². The fraction of sp³-hybridized carbons (Fsp3) is 0.400. The summed E-state index contributed by atoms with van der Waals surface area (Å²) in [6.45, 7) is 11.7. The molecule has 4 nitrogen and oxygen atoms in total. The number of rotatable bonds is 3. The molecule has 1 N–H and O–H groups in total. The molecule has 1 aromatic rings. The van der Waals surface area contributed by atoms with E-state index in [9.17, 15) is 4.79 Å². The Bertz CT molecular complexity index is 503. The second kappa shape index (κ2) is 4.61. The Hall–Kier alpha value is -1.97. The van der Waals surface area contributed by atoms with Gasteiger partial charge in [0.05, 0.1) is 17.2 Å². The van der Waals surface area contributed by atoms with E-state index in [4.69, 9.17) is 4.74 Å². The number of carbonyl (C=O) groups excluding carboxylic acids is 1. The molecule has 0 spiro atoms. The zero-order valence-corrected chi connectivity index (χ0v) is 11.9. The third-order valence-electron chi connectivity index (χ3n) is 3.24. The first-order valence-corrected chi connectivity index (χ1v) is 6.39. The second-order valence-corrected chi connectivity index (χ2v) is 5.51. The van der Waals surface area contributed by atoms with E-state index < -0.39 is 5.41 Å². The molecular formula is C15H20N2O2. The molecule has 1 saturated heterocycles. The number of nitrogens with one attached hydrogen (secondary N) is 1. The highest BCUT2D eigenvalue weighted by molar-refractivity contribution is 5.92. The number of nitrogens with zero attached hydrogens (tertiary/aromatic N) is 1. The summed E-state index contributed by atoms with van der Waals surface area (Å²) >= 11 is 0. The van der Waals surface area contributed by atoms with Gasteiger partial charge in [0, 0.05) is 5.70 Å². The van der Waals surface area contributed by atoms with E-state index in [-0.39, 0.29) is 12.0 Å². The van der Waals surface area contributed by atoms with Gasteiger partial charge in [0.2, 0.25) is 5.91 Å². The van der Waals surface area contributed by atoms with Crippen LogP contribution in [0.4, 0.5) is 5.69 Å². The molecule has 0 bridgehead atoms. The molecule has 0 aromatic heterocycles. The molecule has 0 atom stereocenters. The maximum absolute atomic E-state index is 11.9. The van der Waals surface area contributed by atoms with Crippen LogP contribution in [0, 0.1) is 5.41 Å². The van der Waals surface area contributed by atoms with Gasteiger partial charge in [-0.05, 0) is 52.0 Å². The van der Waals surface area contributed by atoms with Crippen LogP contribution in [0.25, 0.3) is 0 Å². The van der Waals surface area contributed by atoms with E-state index in [1.165, 1.54) is 0 Å². The molecule has 19 heavy (non-hydrogen) atoms. The predicted molar refractivity (Wildman–Crippen MR) is 75.7 cm³/mol. The lowest BCUT2D eigenvalue weighted by atomic mass is 9.90. The third-order valence-corrected chi connectivity index (χ3v) is 3.24. The number of hydrogen-bond acceptors (Lipinski definition) is 3. The summed E-state index contributed by atoms with van der Waals surface area (Å²) in [7, 11) is 0. The van der Waals surface area contributed by atoms with Gasteiger partial charge in [-0.2, -0.15) is 0 Å². The van der Waals surface area contributed by atoms with Crippen molar-refractivity contribution in [3.63, 3.8) is 0 Å². The fourth-order valence-electron chi connectivity index (χ4n) is 1.89. The van der Waals surface area contributed by atoms with Crippen LogP contribution in [-0.2, 0) is 4.79 Å².